The summed E-state index contributed by atoms with van der Waals surface area (Å²) in [5, 5.41) is 0. The lowest BCUT2D eigenvalue weighted by Crippen LogP contribution is -2.48. The van der Waals surface area contributed by atoms with Crippen molar-refractivity contribution in [2.45, 2.75) is 81.0 Å². The first-order chi connectivity index (χ1) is 16.5. The monoisotopic (exact) mass is 467 g/mol. The number of anilines is 1. The molecule has 184 valence electrons. The Morgan fingerprint density at radius 2 is 1.97 bits per heavy atom. The standard InChI is InChI=1S/C27H35N3O4.H2/c1-18(31)29-17-26(22-4-2-3-5-23(22)29)9-11-28(12-10-26)20-14-19-6-7-24-27(19,15-20)30(24)25(32)34-21-8-13-33-16-21;/h2-5,19-21,24H,6-17H2,1H3;1H/t19?,20?,21-,24?,27?,30?;/m1./s1. The fourth-order valence-electron chi connectivity index (χ4n) is 8.42. The number of nitrogens with zero attached hydrogens (tertiary/aromatic N) is 3. The molecule has 4 unspecified atom stereocenters. The summed E-state index contributed by atoms with van der Waals surface area (Å²) in [5.41, 5.74) is 2.62. The molecule has 2 amide bonds. The van der Waals surface area contributed by atoms with Crippen LogP contribution in [0.25, 0.3) is 0 Å². The molecule has 1 aromatic carbocycles. The number of rotatable bonds is 2. The molecule has 0 aromatic heterocycles. The minimum absolute atomic E-state index is 0. The van der Waals surface area contributed by atoms with Gasteiger partial charge in [0.15, 0.2) is 0 Å². The van der Waals surface area contributed by atoms with Crippen LogP contribution in [0.15, 0.2) is 24.3 Å². The highest BCUT2D eigenvalue weighted by Gasteiger charge is 2.75. The van der Waals surface area contributed by atoms with E-state index in [1.165, 1.54) is 18.4 Å². The molecular weight excluding hydrogens is 430 g/mol. The highest BCUT2D eigenvalue weighted by atomic mass is 16.6. The van der Waals surface area contributed by atoms with Crippen LogP contribution in [-0.4, -0.2) is 78.4 Å². The summed E-state index contributed by atoms with van der Waals surface area (Å²) < 4.78 is 11.2. The van der Waals surface area contributed by atoms with E-state index in [-0.39, 0.29) is 30.5 Å². The van der Waals surface area contributed by atoms with Crippen LogP contribution < -0.4 is 4.90 Å². The first kappa shape index (κ1) is 21.2. The average Bonchev–Trinajstić information content (AvgIpc) is 3.35. The van der Waals surface area contributed by atoms with Gasteiger partial charge in [-0.15, -0.1) is 0 Å². The Balaban J connectivity index is 0.00000229. The Kier molecular flexibility index (Phi) is 4.64. The summed E-state index contributed by atoms with van der Waals surface area (Å²) in [6, 6.07) is 9.45. The Morgan fingerprint density at radius 3 is 2.74 bits per heavy atom. The van der Waals surface area contributed by atoms with Gasteiger partial charge in [0, 0.05) is 38.5 Å². The van der Waals surface area contributed by atoms with E-state index < -0.39 is 0 Å². The molecule has 2 saturated carbocycles. The molecule has 7 rings (SSSR count). The van der Waals surface area contributed by atoms with Gasteiger partial charge in [0.2, 0.25) is 5.91 Å². The molecule has 0 bridgehead atoms. The van der Waals surface area contributed by atoms with Gasteiger partial charge in [-0.2, -0.15) is 0 Å². The molecule has 6 aliphatic rings. The lowest BCUT2D eigenvalue weighted by molar-refractivity contribution is -0.116. The second kappa shape index (κ2) is 7.44. The maximum absolute atomic E-state index is 13.0. The highest BCUT2D eigenvalue weighted by molar-refractivity contribution is 5.94. The molecule has 4 aliphatic heterocycles. The summed E-state index contributed by atoms with van der Waals surface area (Å²) in [6.45, 7) is 5.89. The van der Waals surface area contributed by atoms with Gasteiger partial charge in [0.05, 0.1) is 24.8 Å². The number of hydrogen-bond donors (Lipinski definition) is 0. The lowest BCUT2D eigenvalue weighted by Gasteiger charge is -2.42. The number of para-hydroxylation sites is 1. The molecule has 0 radical (unpaired) electrons. The van der Waals surface area contributed by atoms with Crippen LogP contribution in [-0.2, 0) is 19.7 Å². The van der Waals surface area contributed by atoms with E-state index in [9.17, 15) is 9.59 Å². The Hall–Kier alpha value is -2.12. The fourth-order valence-corrected chi connectivity index (χ4v) is 8.42. The minimum Gasteiger partial charge on any atom is -0.444 e. The predicted molar refractivity (Wildman–Crippen MR) is 129 cm³/mol. The predicted octanol–water partition coefficient (Wildman–Crippen LogP) is 3.55. The molecule has 7 nitrogen and oxygen atoms in total. The first-order valence-electron chi connectivity index (χ1n) is 13.2. The molecule has 1 aromatic rings. The van der Waals surface area contributed by atoms with Gasteiger partial charge in [-0.05, 0) is 69.2 Å². The van der Waals surface area contributed by atoms with E-state index in [0.717, 1.165) is 57.4 Å². The third-order valence-corrected chi connectivity index (χ3v) is 10.1. The minimum atomic E-state index is -0.102. The third kappa shape index (κ3) is 2.89. The summed E-state index contributed by atoms with van der Waals surface area (Å²) in [6.07, 6.45) is 7.53. The molecule has 7 heteroatoms. The van der Waals surface area contributed by atoms with E-state index in [4.69, 9.17) is 9.47 Å². The van der Waals surface area contributed by atoms with Crippen molar-refractivity contribution in [1.82, 2.24) is 9.80 Å². The summed E-state index contributed by atoms with van der Waals surface area (Å²) in [7, 11) is 0. The topological polar surface area (TPSA) is 62.1 Å². The molecular formula is C27H37N3O4. The summed E-state index contributed by atoms with van der Waals surface area (Å²) >= 11 is 0. The van der Waals surface area contributed by atoms with Crippen LogP contribution in [0.5, 0.6) is 0 Å². The zero-order valence-electron chi connectivity index (χ0n) is 20.1. The third-order valence-electron chi connectivity index (χ3n) is 10.1. The van der Waals surface area contributed by atoms with E-state index in [1.54, 1.807) is 6.92 Å². The zero-order chi connectivity index (χ0) is 23.1. The molecule has 0 N–H and O–H groups in total. The maximum Gasteiger partial charge on any atom is 0.411 e. The van der Waals surface area contributed by atoms with Gasteiger partial charge in [0.25, 0.3) is 0 Å². The molecule has 5 atom stereocenters. The summed E-state index contributed by atoms with van der Waals surface area (Å²) in [4.78, 5) is 32.1. The van der Waals surface area contributed by atoms with Gasteiger partial charge in [-0.25, -0.2) is 4.79 Å². The van der Waals surface area contributed by atoms with Crippen LogP contribution in [0.3, 0.4) is 0 Å². The quantitative estimate of drug-likeness (QED) is 0.623. The molecule has 4 heterocycles. The molecule has 2 aliphatic carbocycles. The molecule has 34 heavy (non-hydrogen) atoms. The van der Waals surface area contributed by atoms with Gasteiger partial charge >= 0.3 is 6.09 Å². The number of ether oxygens (including phenoxy) is 2. The molecule has 5 fully saturated rings. The summed E-state index contributed by atoms with van der Waals surface area (Å²) in [5.74, 6) is 0.761. The van der Waals surface area contributed by atoms with Gasteiger partial charge in [-0.3, -0.25) is 9.69 Å². The number of hydrogen-bond acceptors (Lipinski definition) is 5. The Morgan fingerprint density at radius 1 is 1.15 bits per heavy atom. The van der Waals surface area contributed by atoms with Crippen LogP contribution >= 0.6 is 0 Å². The first-order valence-corrected chi connectivity index (χ1v) is 13.2. The number of amides is 2. The average molecular weight is 468 g/mol. The van der Waals surface area contributed by atoms with E-state index in [0.29, 0.717) is 31.2 Å². The van der Waals surface area contributed by atoms with Gasteiger partial charge in [-0.1, -0.05) is 18.2 Å². The van der Waals surface area contributed by atoms with Gasteiger partial charge in [0.1, 0.15) is 6.10 Å². The Bertz CT molecular complexity index is 1020. The second-order valence-electron chi connectivity index (χ2n) is 11.6. The maximum atomic E-state index is 13.0. The van der Waals surface area contributed by atoms with Crippen molar-refractivity contribution >= 4 is 17.7 Å². The SMILES string of the molecule is CC(=O)N1CC2(CCN(C3CC4CCC5N(C(=O)O[C@@H]6CCOC6)C45C3)CC2)c2ccccc21.[HH]. The highest BCUT2D eigenvalue weighted by Crippen LogP contribution is 2.65. The van der Waals surface area contributed by atoms with Crippen molar-refractivity contribution in [2.75, 3.05) is 37.7 Å². The number of carbonyl (C=O) groups is 2. The van der Waals surface area contributed by atoms with Crippen molar-refractivity contribution in [1.29, 1.82) is 0 Å². The number of carbonyl (C=O) groups excluding carboxylic acids is 2. The fraction of sp³-hybridized carbons (Fsp3) is 0.704. The van der Waals surface area contributed by atoms with E-state index >= 15 is 0 Å². The van der Waals surface area contributed by atoms with Crippen LogP contribution in [0.2, 0.25) is 0 Å². The van der Waals surface area contributed by atoms with Gasteiger partial charge < -0.3 is 19.3 Å². The van der Waals surface area contributed by atoms with E-state index in [1.807, 2.05) is 11.0 Å². The van der Waals surface area contributed by atoms with Crippen molar-refractivity contribution in [3.63, 3.8) is 0 Å². The van der Waals surface area contributed by atoms with Crippen molar-refractivity contribution in [2.24, 2.45) is 5.92 Å². The van der Waals surface area contributed by atoms with Crippen LogP contribution in [0.1, 0.15) is 58.9 Å². The number of benzene rings is 1. The van der Waals surface area contributed by atoms with Crippen molar-refractivity contribution < 1.29 is 20.5 Å². The smallest absolute Gasteiger partial charge is 0.411 e. The number of piperidine rings is 2. The zero-order valence-corrected chi connectivity index (χ0v) is 20.1. The van der Waals surface area contributed by atoms with Crippen molar-refractivity contribution in [3.05, 3.63) is 29.8 Å². The largest absolute Gasteiger partial charge is 0.444 e. The van der Waals surface area contributed by atoms with E-state index in [2.05, 4.69) is 28.0 Å². The molecule has 3 saturated heterocycles. The lowest BCUT2D eigenvalue weighted by atomic mass is 9.74. The molecule has 2 spiro atoms. The van der Waals surface area contributed by atoms with Crippen molar-refractivity contribution in [3.8, 4) is 0 Å². The Labute approximate surface area is 202 Å². The van der Waals surface area contributed by atoms with Crippen LogP contribution in [0, 0.1) is 5.92 Å². The number of likely N-dealkylation sites (tertiary alicyclic amines) is 2. The second-order valence-corrected chi connectivity index (χ2v) is 11.6. The van der Waals surface area contributed by atoms with Crippen LogP contribution in [0.4, 0.5) is 10.5 Å². The normalized spacial score (nSPS) is 37.6. The number of fused-ring (bicyclic) bond motifs is 2.